The number of carbonyl (C=O) groups excluding carboxylic acids is 2. The fourth-order valence-electron chi connectivity index (χ4n) is 3.33. The molecule has 0 fully saturated rings. The first-order valence-corrected chi connectivity index (χ1v) is 9.80. The zero-order valence-corrected chi connectivity index (χ0v) is 17.0. The number of anilines is 1. The lowest BCUT2D eigenvalue weighted by molar-refractivity contribution is -0.142. The molecular formula is C23H22N2O6. The van der Waals surface area contributed by atoms with E-state index in [2.05, 4.69) is 5.32 Å². The van der Waals surface area contributed by atoms with Crippen LogP contribution < -0.4 is 10.9 Å². The number of carboxylic acid groups (broad SMARTS) is 1. The molecule has 0 aliphatic carbocycles. The zero-order chi connectivity index (χ0) is 22.4. The number of para-hydroxylation sites is 1. The molecular weight excluding hydrogens is 400 g/mol. The Hall–Kier alpha value is -3.94. The van der Waals surface area contributed by atoms with Gasteiger partial charge in [-0.2, -0.15) is 0 Å². The van der Waals surface area contributed by atoms with Gasteiger partial charge in [-0.3, -0.25) is 19.0 Å². The molecule has 0 saturated heterocycles. The number of hydrogen-bond donors (Lipinski definition) is 2. The molecule has 0 unspecified atom stereocenters. The predicted molar refractivity (Wildman–Crippen MR) is 116 cm³/mol. The van der Waals surface area contributed by atoms with E-state index < -0.39 is 23.1 Å². The molecule has 1 aromatic heterocycles. The molecule has 160 valence electrons. The molecule has 0 radical (unpaired) electrons. The number of Topliss-reactive ketones (excluding diaryl/α,β-unsaturated/α-hetero) is 1. The summed E-state index contributed by atoms with van der Waals surface area (Å²) in [5.41, 5.74) is -0.328. The number of carbonyl (C=O) groups is 3. The minimum absolute atomic E-state index is 0.0107. The maximum atomic E-state index is 13.1. The molecule has 0 aliphatic heterocycles. The maximum absolute atomic E-state index is 13.1. The Morgan fingerprint density at radius 2 is 1.71 bits per heavy atom. The molecule has 0 bridgehead atoms. The molecule has 2 aromatic carbocycles. The first-order valence-electron chi connectivity index (χ1n) is 9.80. The predicted octanol–water partition coefficient (Wildman–Crippen LogP) is 2.95. The Balaban J connectivity index is 2.06. The number of nitrogens with one attached hydrogen (secondary N) is 1. The molecule has 0 spiro atoms. The van der Waals surface area contributed by atoms with E-state index in [4.69, 9.17) is 4.74 Å². The number of rotatable bonds is 9. The average molecular weight is 422 g/mol. The van der Waals surface area contributed by atoms with Crippen molar-refractivity contribution in [1.29, 1.82) is 0 Å². The fraction of sp³-hybridized carbons (Fsp3) is 0.217. The third-order valence-corrected chi connectivity index (χ3v) is 4.72. The van der Waals surface area contributed by atoms with E-state index in [1.54, 1.807) is 61.5 Å². The number of carboxylic acids is 1. The van der Waals surface area contributed by atoms with Gasteiger partial charge in [0, 0.05) is 17.5 Å². The standard InChI is InChI=1S/C23H22N2O6/c1-2-31-19(27)12-13-24-21-16-10-6-7-11-17(16)25(22(28)20(21)23(29)30)14-18(26)15-8-4-3-5-9-15/h3-11,24H,2,12-14H2,1H3,(H,29,30). The second-order valence-corrected chi connectivity index (χ2v) is 6.73. The first kappa shape index (κ1) is 21.8. The van der Waals surface area contributed by atoms with Crippen LogP contribution in [0.5, 0.6) is 0 Å². The van der Waals surface area contributed by atoms with Gasteiger partial charge in [-0.05, 0) is 13.0 Å². The molecule has 0 aliphatic rings. The lowest BCUT2D eigenvalue weighted by Crippen LogP contribution is -2.31. The van der Waals surface area contributed by atoms with Gasteiger partial charge in [0.1, 0.15) is 5.56 Å². The van der Waals surface area contributed by atoms with Crippen LogP contribution in [0.15, 0.2) is 59.4 Å². The minimum Gasteiger partial charge on any atom is -0.477 e. The van der Waals surface area contributed by atoms with Crippen LogP contribution in [0.1, 0.15) is 34.1 Å². The summed E-state index contributed by atoms with van der Waals surface area (Å²) in [5.74, 6) is -2.17. The van der Waals surface area contributed by atoms with E-state index in [0.29, 0.717) is 16.5 Å². The van der Waals surface area contributed by atoms with E-state index in [0.717, 1.165) is 0 Å². The molecule has 1 heterocycles. The number of aromatic nitrogens is 1. The number of ketones is 1. The molecule has 31 heavy (non-hydrogen) atoms. The Labute approximate surface area is 178 Å². The normalized spacial score (nSPS) is 10.6. The number of esters is 1. The van der Waals surface area contributed by atoms with Crippen LogP contribution in [0.25, 0.3) is 10.9 Å². The van der Waals surface area contributed by atoms with Gasteiger partial charge in [0.05, 0.1) is 30.8 Å². The van der Waals surface area contributed by atoms with Crippen molar-refractivity contribution in [3.63, 3.8) is 0 Å². The van der Waals surface area contributed by atoms with Crippen molar-refractivity contribution in [1.82, 2.24) is 4.57 Å². The third kappa shape index (κ3) is 4.80. The Morgan fingerprint density at radius 3 is 2.39 bits per heavy atom. The number of pyridine rings is 1. The number of hydrogen-bond acceptors (Lipinski definition) is 6. The quantitative estimate of drug-likeness (QED) is 0.402. The van der Waals surface area contributed by atoms with Gasteiger partial charge >= 0.3 is 11.9 Å². The number of benzene rings is 2. The van der Waals surface area contributed by atoms with Crippen molar-refractivity contribution in [3.8, 4) is 0 Å². The molecule has 0 atom stereocenters. The summed E-state index contributed by atoms with van der Waals surface area (Å²) in [6.07, 6.45) is 0.0107. The highest BCUT2D eigenvalue weighted by atomic mass is 16.5. The van der Waals surface area contributed by atoms with Crippen LogP contribution in [-0.4, -0.2) is 40.5 Å². The summed E-state index contributed by atoms with van der Waals surface area (Å²) in [5, 5.41) is 13.1. The summed E-state index contributed by atoms with van der Waals surface area (Å²) >= 11 is 0. The molecule has 3 aromatic rings. The number of ether oxygens (including phenoxy) is 1. The van der Waals surface area contributed by atoms with Gasteiger partial charge in [-0.1, -0.05) is 48.5 Å². The minimum atomic E-state index is -1.42. The SMILES string of the molecule is CCOC(=O)CCNc1c(C(=O)O)c(=O)n(CC(=O)c2ccccc2)c2ccccc12. The van der Waals surface area contributed by atoms with Crippen LogP contribution in [0, 0.1) is 0 Å². The fourth-order valence-corrected chi connectivity index (χ4v) is 3.33. The molecule has 8 heteroatoms. The second kappa shape index (κ2) is 9.71. The highest BCUT2D eigenvalue weighted by Crippen LogP contribution is 2.26. The van der Waals surface area contributed by atoms with Crippen molar-refractivity contribution >= 4 is 34.3 Å². The smallest absolute Gasteiger partial charge is 0.343 e. The Kier molecular flexibility index (Phi) is 6.81. The van der Waals surface area contributed by atoms with E-state index in [-0.39, 0.29) is 37.6 Å². The summed E-state index contributed by atoms with van der Waals surface area (Å²) in [7, 11) is 0. The van der Waals surface area contributed by atoms with Crippen LogP contribution >= 0.6 is 0 Å². The van der Waals surface area contributed by atoms with E-state index in [1.165, 1.54) is 4.57 Å². The van der Waals surface area contributed by atoms with Crippen LogP contribution in [0.4, 0.5) is 5.69 Å². The van der Waals surface area contributed by atoms with Crippen molar-refractivity contribution in [2.45, 2.75) is 19.9 Å². The van der Waals surface area contributed by atoms with Crippen LogP contribution in [0.2, 0.25) is 0 Å². The van der Waals surface area contributed by atoms with Crippen molar-refractivity contribution < 1.29 is 24.2 Å². The summed E-state index contributed by atoms with van der Waals surface area (Å²) in [6.45, 7) is 1.73. The highest BCUT2D eigenvalue weighted by molar-refractivity contribution is 6.05. The maximum Gasteiger partial charge on any atom is 0.343 e. The molecule has 0 amide bonds. The van der Waals surface area contributed by atoms with Crippen LogP contribution in [-0.2, 0) is 16.1 Å². The van der Waals surface area contributed by atoms with E-state index >= 15 is 0 Å². The van der Waals surface area contributed by atoms with Gasteiger partial charge < -0.3 is 15.2 Å². The zero-order valence-electron chi connectivity index (χ0n) is 17.0. The third-order valence-electron chi connectivity index (χ3n) is 4.72. The molecule has 3 rings (SSSR count). The van der Waals surface area contributed by atoms with Crippen molar-refractivity contribution in [2.24, 2.45) is 0 Å². The summed E-state index contributed by atoms with van der Waals surface area (Å²) < 4.78 is 6.05. The van der Waals surface area contributed by atoms with Crippen molar-refractivity contribution in [2.75, 3.05) is 18.5 Å². The van der Waals surface area contributed by atoms with Crippen molar-refractivity contribution in [3.05, 3.63) is 76.1 Å². The van der Waals surface area contributed by atoms with E-state index in [9.17, 15) is 24.3 Å². The number of fused-ring (bicyclic) bond motifs is 1. The number of nitrogens with zero attached hydrogens (tertiary/aromatic N) is 1. The molecule has 0 saturated carbocycles. The Morgan fingerprint density at radius 1 is 1.03 bits per heavy atom. The van der Waals surface area contributed by atoms with Gasteiger partial charge in [-0.15, -0.1) is 0 Å². The average Bonchev–Trinajstić information content (AvgIpc) is 2.76. The van der Waals surface area contributed by atoms with Gasteiger partial charge in [0.2, 0.25) is 0 Å². The second-order valence-electron chi connectivity index (χ2n) is 6.73. The number of aromatic carboxylic acids is 1. The summed E-state index contributed by atoms with van der Waals surface area (Å²) in [4.78, 5) is 49.4. The first-order chi connectivity index (χ1) is 14.9. The summed E-state index contributed by atoms with van der Waals surface area (Å²) in [6, 6.07) is 15.2. The lowest BCUT2D eigenvalue weighted by Gasteiger charge is -2.17. The largest absolute Gasteiger partial charge is 0.477 e. The topological polar surface area (TPSA) is 115 Å². The Bertz CT molecular complexity index is 1180. The van der Waals surface area contributed by atoms with Gasteiger partial charge in [-0.25, -0.2) is 4.79 Å². The van der Waals surface area contributed by atoms with Gasteiger partial charge in [0.25, 0.3) is 5.56 Å². The lowest BCUT2D eigenvalue weighted by atomic mass is 10.1. The van der Waals surface area contributed by atoms with E-state index in [1.807, 2.05) is 0 Å². The highest BCUT2D eigenvalue weighted by Gasteiger charge is 2.23. The molecule has 8 nitrogen and oxygen atoms in total. The monoisotopic (exact) mass is 422 g/mol. The van der Waals surface area contributed by atoms with Crippen LogP contribution in [0.3, 0.4) is 0 Å². The molecule has 2 N–H and O–H groups in total. The van der Waals surface area contributed by atoms with Gasteiger partial charge in [0.15, 0.2) is 5.78 Å².